The van der Waals surface area contributed by atoms with Crippen LogP contribution in [0.25, 0.3) is 0 Å². The molecule has 1 aliphatic heterocycles. The first-order valence-electron chi connectivity index (χ1n) is 6.09. The van der Waals surface area contributed by atoms with Crippen molar-refractivity contribution in [3.8, 4) is 11.8 Å². The van der Waals surface area contributed by atoms with E-state index >= 15 is 0 Å². The molecule has 20 heavy (non-hydrogen) atoms. The Hall–Kier alpha value is -1.53. The van der Waals surface area contributed by atoms with E-state index in [0.29, 0.717) is 46.9 Å². The maximum absolute atomic E-state index is 12.0. The molecule has 0 unspecified atom stereocenters. The van der Waals surface area contributed by atoms with Gasteiger partial charge in [-0.05, 0) is 34.7 Å². The lowest BCUT2D eigenvalue weighted by Gasteiger charge is -2.26. The van der Waals surface area contributed by atoms with Gasteiger partial charge in [0.25, 0.3) is 5.91 Å². The molecule has 1 heterocycles. The number of amides is 1. The van der Waals surface area contributed by atoms with Gasteiger partial charge in [-0.25, -0.2) is 0 Å². The van der Waals surface area contributed by atoms with Crippen LogP contribution in [-0.4, -0.2) is 43.7 Å². The number of nitriles is 1. The first kappa shape index (κ1) is 14.9. The van der Waals surface area contributed by atoms with E-state index in [9.17, 15) is 4.79 Å². The standard InChI is InChI=1S/C13H14IN3O3/c14-10-5-9(7-15)6-11(16)13(10)20-8-12(18)17-1-3-19-4-2-17/h5-6H,1-4,8,16H2. The van der Waals surface area contributed by atoms with E-state index in [4.69, 9.17) is 20.5 Å². The van der Waals surface area contributed by atoms with Crippen molar-refractivity contribution in [2.24, 2.45) is 0 Å². The normalized spacial score (nSPS) is 14.7. The number of halogens is 1. The highest BCUT2D eigenvalue weighted by atomic mass is 127. The zero-order valence-corrected chi connectivity index (χ0v) is 12.9. The van der Waals surface area contributed by atoms with Crippen LogP contribution in [0.15, 0.2) is 12.1 Å². The van der Waals surface area contributed by atoms with E-state index in [1.165, 1.54) is 6.07 Å². The van der Waals surface area contributed by atoms with Gasteiger partial charge < -0.3 is 20.1 Å². The quantitative estimate of drug-likeness (QED) is 0.617. The van der Waals surface area contributed by atoms with Crippen LogP contribution in [0.2, 0.25) is 0 Å². The molecule has 2 rings (SSSR count). The fourth-order valence-electron chi connectivity index (χ4n) is 1.87. The molecule has 0 spiro atoms. The molecular weight excluding hydrogens is 373 g/mol. The minimum atomic E-state index is -0.0899. The predicted molar refractivity (Wildman–Crippen MR) is 81.2 cm³/mol. The summed E-state index contributed by atoms with van der Waals surface area (Å²) in [5.74, 6) is 0.360. The number of ether oxygens (including phenoxy) is 2. The fourth-order valence-corrected chi connectivity index (χ4v) is 2.67. The van der Waals surface area contributed by atoms with Gasteiger partial charge in [0.15, 0.2) is 12.4 Å². The van der Waals surface area contributed by atoms with Gasteiger partial charge in [0, 0.05) is 13.1 Å². The summed E-state index contributed by atoms with van der Waals surface area (Å²) in [7, 11) is 0. The molecule has 1 amide bonds. The van der Waals surface area contributed by atoms with Crippen molar-refractivity contribution < 1.29 is 14.3 Å². The summed E-state index contributed by atoms with van der Waals surface area (Å²) in [4.78, 5) is 13.7. The number of nitrogen functional groups attached to an aromatic ring is 1. The maximum atomic E-state index is 12.0. The van der Waals surface area contributed by atoms with Crippen molar-refractivity contribution in [3.63, 3.8) is 0 Å². The minimum Gasteiger partial charge on any atom is -0.480 e. The van der Waals surface area contributed by atoms with Gasteiger partial charge in [-0.2, -0.15) is 5.26 Å². The number of benzene rings is 1. The van der Waals surface area contributed by atoms with E-state index in [-0.39, 0.29) is 12.5 Å². The number of anilines is 1. The maximum Gasteiger partial charge on any atom is 0.260 e. The summed E-state index contributed by atoms with van der Waals surface area (Å²) < 4.78 is 11.4. The van der Waals surface area contributed by atoms with Crippen molar-refractivity contribution in [1.29, 1.82) is 5.26 Å². The molecule has 0 atom stereocenters. The highest BCUT2D eigenvalue weighted by Crippen LogP contribution is 2.29. The van der Waals surface area contributed by atoms with E-state index in [1.807, 2.05) is 28.7 Å². The topological polar surface area (TPSA) is 88.6 Å². The minimum absolute atomic E-state index is 0.0634. The molecule has 6 nitrogen and oxygen atoms in total. The Morgan fingerprint density at radius 3 is 2.80 bits per heavy atom. The Morgan fingerprint density at radius 2 is 2.20 bits per heavy atom. The Balaban J connectivity index is 2.00. The average molecular weight is 387 g/mol. The van der Waals surface area contributed by atoms with Gasteiger partial charge in [-0.1, -0.05) is 0 Å². The third-order valence-corrected chi connectivity index (χ3v) is 3.71. The number of carbonyl (C=O) groups is 1. The average Bonchev–Trinajstić information content (AvgIpc) is 2.46. The van der Waals surface area contributed by atoms with Gasteiger partial charge >= 0.3 is 0 Å². The molecule has 0 aliphatic carbocycles. The Kier molecular flexibility index (Phi) is 5.03. The molecule has 7 heteroatoms. The molecule has 0 aromatic heterocycles. The molecule has 0 saturated carbocycles. The summed E-state index contributed by atoms with van der Waals surface area (Å²) in [6, 6.07) is 5.23. The molecule has 1 aliphatic rings. The van der Waals surface area contributed by atoms with Gasteiger partial charge in [-0.15, -0.1) is 0 Å². The molecule has 106 valence electrons. The van der Waals surface area contributed by atoms with E-state index in [2.05, 4.69) is 0 Å². The number of nitrogens with two attached hydrogens (primary N) is 1. The highest BCUT2D eigenvalue weighted by Gasteiger charge is 2.18. The second kappa shape index (κ2) is 6.76. The number of carbonyl (C=O) groups excluding carboxylic acids is 1. The van der Waals surface area contributed by atoms with Crippen molar-refractivity contribution in [2.75, 3.05) is 38.6 Å². The zero-order valence-electron chi connectivity index (χ0n) is 10.8. The Labute approximate surface area is 130 Å². The fraction of sp³-hybridized carbons (Fsp3) is 0.385. The summed E-state index contributed by atoms with van der Waals surface area (Å²) in [6.07, 6.45) is 0. The third kappa shape index (κ3) is 3.52. The van der Waals surface area contributed by atoms with Crippen LogP contribution in [0.5, 0.6) is 5.75 Å². The molecule has 0 bridgehead atoms. The number of morpholine rings is 1. The molecule has 0 radical (unpaired) electrons. The van der Waals surface area contributed by atoms with Gasteiger partial charge in [-0.3, -0.25) is 4.79 Å². The number of nitrogens with zero attached hydrogens (tertiary/aromatic N) is 2. The lowest BCUT2D eigenvalue weighted by atomic mass is 10.2. The molecule has 1 fully saturated rings. The van der Waals surface area contributed by atoms with E-state index < -0.39 is 0 Å². The molecular formula is C13H14IN3O3. The SMILES string of the molecule is N#Cc1cc(N)c(OCC(=O)N2CCOCC2)c(I)c1. The summed E-state index contributed by atoms with van der Waals surface area (Å²) in [5, 5.41) is 8.84. The summed E-state index contributed by atoms with van der Waals surface area (Å²) in [5.41, 5.74) is 6.67. The lowest BCUT2D eigenvalue weighted by molar-refractivity contribution is -0.137. The molecule has 1 aromatic carbocycles. The zero-order chi connectivity index (χ0) is 14.5. The van der Waals surface area contributed by atoms with Crippen LogP contribution in [0.1, 0.15) is 5.56 Å². The van der Waals surface area contributed by atoms with Crippen LogP contribution >= 0.6 is 22.6 Å². The largest absolute Gasteiger partial charge is 0.480 e. The first-order chi connectivity index (χ1) is 9.61. The second-order valence-electron chi connectivity index (χ2n) is 4.27. The van der Waals surface area contributed by atoms with Crippen molar-refractivity contribution in [2.45, 2.75) is 0 Å². The van der Waals surface area contributed by atoms with E-state index in [1.54, 1.807) is 11.0 Å². The predicted octanol–water partition coefficient (Wildman–Crippen LogP) is 0.983. The molecule has 1 aromatic rings. The molecule has 2 N–H and O–H groups in total. The van der Waals surface area contributed by atoms with Crippen LogP contribution in [0, 0.1) is 14.9 Å². The van der Waals surface area contributed by atoms with Crippen molar-refractivity contribution in [3.05, 3.63) is 21.3 Å². The van der Waals surface area contributed by atoms with Crippen LogP contribution in [-0.2, 0) is 9.53 Å². The second-order valence-corrected chi connectivity index (χ2v) is 5.43. The van der Waals surface area contributed by atoms with Crippen LogP contribution in [0.4, 0.5) is 5.69 Å². The molecule has 1 saturated heterocycles. The summed E-state index contributed by atoms with van der Waals surface area (Å²) in [6.45, 7) is 2.22. The van der Waals surface area contributed by atoms with Crippen molar-refractivity contribution in [1.82, 2.24) is 4.90 Å². The monoisotopic (exact) mass is 387 g/mol. The number of rotatable bonds is 3. The van der Waals surface area contributed by atoms with Crippen LogP contribution in [0.3, 0.4) is 0 Å². The van der Waals surface area contributed by atoms with Gasteiger partial charge in [0.05, 0.1) is 34.1 Å². The van der Waals surface area contributed by atoms with Crippen molar-refractivity contribution >= 4 is 34.2 Å². The number of hydrogen-bond acceptors (Lipinski definition) is 5. The van der Waals surface area contributed by atoms with Crippen LogP contribution < -0.4 is 10.5 Å². The Morgan fingerprint density at radius 1 is 1.50 bits per heavy atom. The Bertz CT molecular complexity index is 527. The highest BCUT2D eigenvalue weighted by molar-refractivity contribution is 14.1. The van der Waals surface area contributed by atoms with E-state index in [0.717, 1.165) is 0 Å². The number of hydrogen-bond donors (Lipinski definition) is 1. The summed E-state index contributed by atoms with van der Waals surface area (Å²) >= 11 is 2.04. The first-order valence-corrected chi connectivity index (χ1v) is 7.17. The lowest BCUT2D eigenvalue weighted by Crippen LogP contribution is -2.43. The van der Waals surface area contributed by atoms with Gasteiger partial charge in [0.1, 0.15) is 0 Å². The third-order valence-electron chi connectivity index (χ3n) is 2.91. The van der Waals surface area contributed by atoms with Gasteiger partial charge in [0.2, 0.25) is 0 Å². The smallest absolute Gasteiger partial charge is 0.260 e.